The molecule has 3 aliphatic heterocycles. The maximum atomic E-state index is 16.3. The number of amidine groups is 1. The zero-order valence-corrected chi connectivity index (χ0v) is 30.5. The van der Waals surface area contributed by atoms with Crippen LogP contribution >= 0.6 is 0 Å². The topological polar surface area (TPSA) is 63.5 Å². The Morgan fingerprint density at radius 2 is 1.86 bits per heavy atom. The molecule has 3 atom stereocenters. The van der Waals surface area contributed by atoms with Crippen molar-refractivity contribution < 1.29 is 13.2 Å². The van der Waals surface area contributed by atoms with Crippen molar-refractivity contribution >= 4 is 5.84 Å². The Balaban J connectivity index is 2.21. The molecule has 2 unspecified atom stereocenters. The molecule has 8 heteroatoms. The molecular formula is C41H58F3N5. The number of nitrogens with zero attached hydrogens (tertiary/aromatic N) is 3. The van der Waals surface area contributed by atoms with Crippen LogP contribution in [0.4, 0.5) is 13.2 Å². The van der Waals surface area contributed by atoms with E-state index in [9.17, 15) is 5.26 Å². The smallest absolute Gasteiger partial charge is 0.278 e. The average Bonchev–Trinajstić information content (AvgIpc) is 3.07. The molecule has 49 heavy (non-hydrogen) atoms. The molecule has 3 heterocycles. The van der Waals surface area contributed by atoms with Crippen molar-refractivity contribution in [2.24, 2.45) is 16.3 Å². The number of hydrogen-bond acceptors (Lipinski definition) is 5. The van der Waals surface area contributed by atoms with Crippen LogP contribution in [-0.4, -0.2) is 36.4 Å². The number of aliphatic imine (C=N–C) groups is 1. The van der Waals surface area contributed by atoms with Gasteiger partial charge < -0.3 is 15.5 Å². The van der Waals surface area contributed by atoms with Gasteiger partial charge in [0.2, 0.25) is 0 Å². The molecule has 0 amide bonds. The molecule has 0 aliphatic carbocycles. The van der Waals surface area contributed by atoms with Gasteiger partial charge >= 0.3 is 0 Å². The highest BCUT2D eigenvalue weighted by Crippen LogP contribution is 2.44. The normalized spacial score (nSPS) is 25.2. The molecule has 1 aromatic rings. The van der Waals surface area contributed by atoms with Crippen molar-refractivity contribution in [1.82, 2.24) is 15.5 Å². The zero-order chi connectivity index (χ0) is 36.2. The number of fused-ring (bicyclic) bond motifs is 10. The number of benzene rings is 1. The van der Waals surface area contributed by atoms with E-state index in [2.05, 4.69) is 55.2 Å². The molecule has 0 spiro atoms. The van der Waals surface area contributed by atoms with Crippen LogP contribution in [0.2, 0.25) is 0 Å². The summed E-state index contributed by atoms with van der Waals surface area (Å²) in [7, 11) is 0. The number of halogens is 3. The molecule has 268 valence electrons. The fourth-order valence-corrected chi connectivity index (χ4v) is 7.40. The Hall–Kier alpha value is -3.57. The van der Waals surface area contributed by atoms with Gasteiger partial charge in [-0.05, 0) is 104 Å². The summed E-state index contributed by atoms with van der Waals surface area (Å²) in [5, 5.41) is 17.3. The second kappa shape index (κ2) is 18.4. The maximum absolute atomic E-state index is 16.3. The summed E-state index contributed by atoms with van der Waals surface area (Å²) >= 11 is 0. The number of hydrogen-bond donors (Lipinski definition) is 2. The third-order valence-electron chi connectivity index (χ3n) is 10.3. The number of allylic oxidation sites excluding steroid dienone is 4. The molecule has 0 aromatic heterocycles. The number of piperidine rings is 1. The van der Waals surface area contributed by atoms with Crippen LogP contribution < -0.4 is 10.6 Å². The van der Waals surface area contributed by atoms with Crippen LogP contribution in [0.15, 0.2) is 83.7 Å². The summed E-state index contributed by atoms with van der Waals surface area (Å²) in [6.07, 6.45) is 12.6. The van der Waals surface area contributed by atoms with Crippen LogP contribution in [0, 0.1) is 28.5 Å². The highest BCUT2D eigenvalue weighted by atomic mass is 19.3. The van der Waals surface area contributed by atoms with E-state index in [1.807, 2.05) is 26.0 Å². The summed E-state index contributed by atoms with van der Waals surface area (Å²) in [5.41, 5.74) is 1.75. The largest absolute Gasteiger partial charge is 0.365 e. The number of alkyl halides is 2. The first-order valence-corrected chi connectivity index (χ1v) is 18.1. The van der Waals surface area contributed by atoms with Crippen molar-refractivity contribution in [3.63, 3.8) is 0 Å². The number of nitrogens with one attached hydrogen (secondary N) is 2. The van der Waals surface area contributed by atoms with Crippen molar-refractivity contribution in [2.45, 2.75) is 117 Å². The van der Waals surface area contributed by atoms with Crippen LogP contribution in [0.1, 0.15) is 116 Å². The van der Waals surface area contributed by atoms with Gasteiger partial charge in [-0.15, -0.1) is 6.58 Å². The van der Waals surface area contributed by atoms with Crippen LogP contribution in [0.5, 0.6) is 0 Å². The van der Waals surface area contributed by atoms with Gasteiger partial charge in [-0.25, -0.2) is 13.2 Å². The minimum Gasteiger partial charge on any atom is -0.365 e. The SMILES string of the molecule is C=CCCC(C#N)(CCC)/C(=C/C(C1=NCCCCCC(C)N2CCC(CC2)C(F)(F)c2cccc(c2F)[C@@H](C)N1)=C(\C)NC=C)C(=C)C. The van der Waals surface area contributed by atoms with E-state index in [1.165, 1.54) is 12.1 Å². The Morgan fingerprint density at radius 1 is 1.14 bits per heavy atom. The minimum atomic E-state index is -3.29. The highest BCUT2D eigenvalue weighted by molar-refractivity contribution is 6.02. The lowest BCUT2D eigenvalue weighted by Gasteiger charge is -2.39. The van der Waals surface area contributed by atoms with E-state index in [4.69, 9.17) is 4.99 Å². The lowest BCUT2D eigenvalue weighted by molar-refractivity contribution is -0.0907. The predicted molar refractivity (Wildman–Crippen MR) is 198 cm³/mol. The summed E-state index contributed by atoms with van der Waals surface area (Å²) in [6, 6.07) is 6.55. The Kier molecular flexibility index (Phi) is 15.0. The quantitative estimate of drug-likeness (QED) is 0.181. The van der Waals surface area contributed by atoms with E-state index in [1.54, 1.807) is 19.2 Å². The standard InChI is InChI=1S/C41H58F3N5/c1-9-12-23-40(28-45,22-10-2)37(29(4)5)27-35(31(7)46-11-3)39-47-24-15-13-14-17-30(6)49-25-20-33(21-26-49)41(43,44)36-19-16-18-34(38(36)42)32(8)48-39/h9,11,16,18-19,27,30,32-33,46H,1,3-4,10,12-15,17,20-26H2,2,5-8H3,(H,47,48)/b35-31-,37-27+/t30?,32-,40?/m1/s1. The molecule has 4 rings (SSSR count). The first kappa shape index (κ1) is 39.9. The average molecular weight is 678 g/mol. The molecule has 3 aliphatic rings. The first-order valence-electron chi connectivity index (χ1n) is 18.1. The second-order valence-electron chi connectivity index (χ2n) is 13.9. The predicted octanol–water partition coefficient (Wildman–Crippen LogP) is 10.4. The van der Waals surface area contributed by atoms with Gasteiger partial charge in [0.15, 0.2) is 0 Å². The Labute approximate surface area is 293 Å². The number of nitriles is 1. The number of rotatable bonds is 11. The monoisotopic (exact) mass is 677 g/mol. The van der Waals surface area contributed by atoms with E-state index in [-0.39, 0.29) is 5.56 Å². The summed E-state index contributed by atoms with van der Waals surface area (Å²) < 4.78 is 48.4. The molecule has 0 saturated carbocycles. The molecule has 1 saturated heterocycles. The van der Waals surface area contributed by atoms with Gasteiger partial charge in [0, 0.05) is 35.3 Å². The molecule has 1 aromatic carbocycles. The molecular weight excluding hydrogens is 619 g/mol. The van der Waals surface area contributed by atoms with Crippen LogP contribution in [-0.2, 0) is 5.92 Å². The highest BCUT2D eigenvalue weighted by Gasteiger charge is 2.45. The van der Waals surface area contributed by atoms with E-state index < -0.39 is 34.7 Å². The third kappa shape index (κ3) is 9.78. The van der Waals surface area contributed by atoms with Crippen molar-refractivity contribution in [1.29, 1.82) is 5.26 Å². The molecule has 2 N–H and O–H groups in total. The summed E-state index contributed by atoms with van der Waals surface area (Å²) in [6.45, 7) is 23.6. The van der Waals surface area contributed by atoms with Crippen molar-refractivity contribution in [3.05, 3.63) is 95.6 Å². The summed E-state index contributed by atoms with van der Waals surface area (Å²) in [5.74, 6) is -4.61. The Morgan fingerprint density at radius 3 is 2.47 bits per heavy atom. The fraction of sp³-hybridized carbons (Fsp3) is 0.561. The zero-order valence-electron chi connectivity index (χ0n) is 30.5. The van der Waals surface area contributed by atoms with Gasteiger partial charge in [0.1, 0.15) is 11.7 Å². The van der Waals surface area contributed by atoms with Gasteiger partial charge in [-0.1, -0.05) is 69.2 Å². The lowest BCUT2D eigenvalue weighted by Crippen LogP contribution is -2.43. The fourth-order valence-electron chi connectivity index (χ4n) is 7.40. The maximum Gasteiger partial charge on any atom is 0.278 e. The van der Waals surface area contributed by atoms with Gasteiger partial charge in [0.05, 0.1) is 23.1 Å². The molecule has 4 bridgehead atoms. The van der Waals surface area contributed by atoms with E-state index >= 15 is 13.2 Å². The van der Waals surface area contributed by atoms with Crippen molar-refractivity contribution in [2.75, 3.05) is 19.6 Å². The third-order valence-corrected chi connectivity index (χ3v) is 10.3. The van der Waals surface area contributed by atoms with E-state index in [0.29, 0.717) is 69.2 Å². The van der Waals surface area contributed by atoms with Crippen LogP contribution in [0.3, 0.4) is 0 Å². The Bertz CT molecular complexity index is 1440. The van der Waals surface area contributed by atoms with Gasteiger partial charge in [-0.3, -0.25) is 4.99 Å². The van der Waals surface area contributed by atoms with Crippen LogP contribution in [0.25, 0.3) is 0 Å². The van der Waals surface area contributed by atoms with Gasteiger partial charge in [0.25, 0.3) is 5.92 Å². The van der Waals surface area contributed by atoms with E-state index in [0.717, 1.165) is 48.9 Å². The summed E-state index contributed by atoms with van der Waals surface area (Å²) in [4.78, 5) is 7.35. The first-order chi connectivity index (χ1) is 23.4. The molecule has 0 radical (unpaired) electrons. The molecule has 1 fully saturated rings. The second-order valence-corrected chi connectivity index (χ2v) is 13.9. The lowest BCUT2D eigenvalue weighted by atomic mass is 9.71. The van der Waals surface area contributed by atoms with Crippen molar-refractivity contribution in [3.8, 4) is 6.07 Å². The van der Waals surface area contributed by atoms with Gasteiger partial charge in [-0.2, -0.15) is 5.26 Å². The molecule has 5 nitrogen and oxygen atoms in total. The minimum absolute atomic E-state index is 0.151.